The summed E-state index contributed by atoms with van der Waals surface area (Å²) in [6, 6.07) is 0. The Hall–Kier alpha value is 0.260. The van der Waals surface area contributed by atoms with E-state index in [1.807, 2.05) is 0 Å². The maximum Gasteiger partial charge on any atom is 0.157 e. The highest BCUT2D eigenvalue weighted by atomic mass is 79.9. The fourth-order valence-corrected chi connectivity index (χ4v) is 2.14. The second-order valence-electron chi connectivity index (χ2n) is 2.18. The fraction of sp³-hybridized carbons (Fsp3) is 0.143. The molecule has 0 atom stereocenters. The smallest absolute Gasteiger partial charge is 0.157 e. The molecule has 0 saturated carbocycles. The minimum absolute atomic E-state index is 0.352. The van der Waals surface area contributed by atoms with E-state index in [0.717, 1.165) is 0 Å². The summed E-state index contributed by atoms with van der Waals surface area (Å²) in [4.78, 5) is 0. The van der Waals surface area contributed by atoms with Gasteiger partial charge in [0, 0.05) is 5.56 Å². The Bertz CT molecular complexity index is 325. The summed E-state index contributed by atoms with van der Waals surface area (Å²) in [6.07, 6.45) is 0. The van der Waals surface area contributed by atoms with Crippen molar-refractivity contribution in [1.82, 2.24) is 0 Å². The highest BCUT2D eigenvalue weighted by Crippen LogP contribution is 2.32. The minimum atomic E-state index is -1.01. The standard InChI is InChI=1S/C7H2Br2ClF3/c8-3-5(11)2(1-10)6(12)4(9)7(3)13/h1H2. The second-order valence-corrected chi connectivity index (χ2v) is 4.04. The predicted octanol–water partition coefficient (Wildman–Crippen LogP) is 4.37. The van der Waals surface area contributed by atoms with Crippen LogP contribution >= 0.6 is 43.5 Å². The van der Waals surface area contributed by atoms with Gasteiger partial charge in [-0.2, -0.15) is 0 Å². The lowest BCUT2D eigenvalue weighted by Gasteiger charge is -2.06. The lowest BCUT2D eigenvalue weighted by atomic mass is 10.2. The first-order valence-electron chi connectivity index (χ1n) is 3.07. The molecule has 0 nitrogen and oxygen atoms in total. The van der Waals surface area contributed by atoms with Gasteiger partial charge in [-0.25, -0.2) is 13.2 Å². The SMILES string of the molecule is Fc1c(Br)c(F)c(CCl)c(F)c1Br. The summed E-state index contributed by atoms with van der Waals surface area (Å²) in [5.74, 6) is -3.37. The van der Waals surface area contributed by atoms with Crippen molar-refractivity contribution in [3.63, 3.8) is 0 Å². The Labute approximate surface area is 94.3 Å². The van der Waals surface area contributed by atoms with Crippen molar-refractivity contribution in [3.8, 4) is 0 Å². The molecule has 6 heteroatoms. The Morgan fingerprint density at radius 3 is 1.62 bits per heavy atom. The highest BCUT2D eigenvalue weighted by Gasteiger charge is 2.21. The maximum atomic E-state index is 13.1. The van der Waals surface area contributed by atoms with Crippen molar-refractivity contribution < 1.29 is 13.2 Å². The topological polar surface area (TPSA) is 0 Å². The molecule has 0 fully saturated rings. The third-order valence-corrected chi connectivity index (χ3v) is 3.09. The lowest BCUT2D eigenvalue weighted by Crippen LogP contribution is -1.99. The van der Waals surface area contributed by atoms with E-state index in [0.29, 0.717) is 0 Å². The van der Waals surface area contributed by atoms with Gasteiger partial charge < -0.3 is 0 Å². The van der Waals surface area contributed by atoms with Crippen molar-refractivity contribution in [2.45, 2.75) is 5.88 Å². The van der Waals surface area contributed by atoms with Gasteiger partial charge in [-0.3, -0.25) is 0 Å². The van der Waals surface area contributed by atoms with Crippen LogP contribution in [0.25, 0.3) is 0 Å². The van der Waals surface area contributed by atoms with Crippen LogP contribution < -0.4 is 0 Å². The van der Waals surface area contributed by atoms with Gasteiger partial charge in [0.25, 0.3) is 0 Å². The molecular weight excluding hydrogens is 336 g/mol. The summed E-state index contributed by atoms with van der Waals surface area (Å²) in [5.41, 5.74) is -0.359. The van der Waals surface area contributed by atoms with Crippen LogP contribution in [0.2, 0.25) is 0 Å². The third kappa shape index (κ3) is 1.87. The van der Waals surface area contributed by atoms with E-state index in [2.05, 4.69) is 31.9 Å². The molecule has 13 heavy (non-hydrogen) atoms. The minimum Gasteiger partial charge on any atom is -0.205 e. The zero-order chi connectivity index (χ0) is 10.2. The molecule has 0 heterocycles. The van der Waals surface area contributed by atoms with Gasteiger partial charge >= 0.3 is 0 Å². The van der Waals surface area contributed by atoms with Gasteiger partial charge in [0.05, 0.1) is 14.8 Å². The van der Waals surface area contributed by atoms with Crippen LogP contribution in [-0.4, -0.2) is 0 Å². The Balaban J connectivity index is 3.56. The summed E-state index contributed by atoms with van der Waals surface area (Å²) in [7, 11) is 0. The monoisotopic (exact) mass is 336 g/mol. The highest BCUT2D eigenvalue weighted by molar-refractivity contribution is 9.11. The molecule has 0 radical (unpaired) electrons. The third-order valence-electron chi connectivity index (χ3n) is 1.43. The van der Waals surface area contributed by atoms with Crippen LogP contribution in [0.3, 0.4) is 0 Å². The molecular formula is C7H2Br2ClF3. The first-order chi connectivity index (χ1) is 6.00. The molecule has 0 aliphatic carbocycles. The van der Waals surface area contributed by atoms with Crippen LogP contribution in [-0.2, 0) is 5.88 Å². The largest absolute Gasteiger partial charge is 0.205 e. The molecule has 0 amide bonds. The van der Waals surface area contributed by atoms with Crippen molar-refractivity contribution in [3.05, 3.63) is 32.0 Å². The molecule has 72 valence electrons. The lowest BCUT2D eigenvalue weighted by molar-refractivity contribution is 0.515. The van der Waals surface area contributed by atoms with Crippen molar-refractivity contribution >= 4 is 43.5 Å². The second kappa shape index (κ2) is 4.19. The van der Waals surface area contributed by atoms with Crippen LogP contribution in [0.5, 0.6) is 0 Å². The zero-order valence-corrected chi connectivity index (χ0v) is 9.90. The quantitative estimate of drug-likeness (QED) is 0.405. The van der Waals surface area contributed by atoms with E-state index in [4.69, 9.17) is 11.6 Å². The molecule has 0 unspecified atom stereocenters. The molecule has 0 saturated heterocycles. The predicted molar refractivity (Wildman–Crippen MR) is 51.3 cm³/mol. The molecule has 0 spiro atoms. The van der Waals surface area contributed by atoms with Crippen LogP contribution in [0.15, 0.2) is 8.95 Å². The fourth-order valence-electron chi connectivity index (χ4n) is 0.768. The zero-order valence-electron chi connectivity index (χ0n) is 5.97. The molecule has 0 bridgehead atoms. The van der Waals surface area contributed by atoms with Gasteiger partial charge in [0.2, 0.25) is 0 Å². The molecule has 0 aliphatic heterocycles. The average molecular weight is 338 g/mol. The molecule has 0 aliphatic rings. The van der Waals surface area contributed by atoms with Crippen molar-refractivity contribution in [1.29, 1.82) is 0 Å². The molecule has 1 rings (SSSR count). The van der Waals surface area contributed by atoms with E-state index in [-0.39, 0.29) is 11.4 Å². The Morgan fingerprint density at radius 2 is 1.31 bits per heavy atom. The van der Waals surface area contributed by atoms with Crippen LogP contribution in [0, 0.1) is 17.5 Å². The number of hydrogen-bond donors (Lipinski definition) is 0. The first kappa shape index (κ1) is 11.3. The first-order valence-corrected chi connectivity index (χ1v) is 5.19. The van der Waals surface area contributed by atoms with Gasteiger partial charge in [-0.1, -0.05) is 0 Å². The molecule has 0 N–H and O–H groups in total. The van der Waals surface area contributed by atoms with E-state index < -0.39 is 26.4 Å². The van der Waals surface area contributed by atoms with Gasteiger partial charge in [-0.15, -0.1) is 11.6 Å². The summed E-state index contributed by atoms with van der Waals surface area (Å²) >= 11 is 10.6. The van der Waals surface area contributed by atoms with Gasteiger partial charge in [-0.05, 0) is 31.9 Å². The van der Waals surface area contributed by atoms with Crippen molar-refractivity contribution in [2.75, 3.05) is 0 Å². The Morgan fingerprint density at radius 1 is 0.923 bits per heavy atom. The maximum absolute atomic E-state index is 13.1. The van der Waals surface area contributed by atoms with Gasteiger partial charge in [0.1, 0.15) is 11.6 Å². The number of benzene rings is 1. The van der Waals surface area contributed by atoms with Crippen molar-refractivity contribution in [2.24, 2.45) is 0 Å². The van der Waals surface area contributed by atoms with Gasteiger partial charge in [0.15, 0.2) is 5.82 Å². The number of hydrogen-bond acceptors (Lipinski definition) is 0. The summed E-state index contributed by atoms with van der Waals surface area (Å²) in [6.45, 7) is 0. The van der Waals surface area contributed by atoms with Crippen LogP contribution in [0.1, 0.15) is 5.56 Å². The van der Waals surface area contributed by atoms with E-state index in [1.54, 1.807) is 0 Å². The Kier molecular flexibility index (Phi) is 3.65. The molecule has 1 aromatic rings. The molecule has 0 aromatic heterocycles. The van der Waals surface area contributed by atoms with Crippen LogP contribution in [0.4, 0.5) is 13.2 Å². The van der Waals surface area contributed by atoms with E-state index >= 15 is 0 Å². The van der Waals surface area contributed by atoms with E-state index in [1.165, 1.54) is 0 Å². The summed E-state index contributed by atoms with van der Waals surface area (Å²) in [5, 5.41) is 0. The molecule has 1 aromatic carbocycles. The number of rotatable bonds is 1. The normalized spacial score (nSPS) is 10.6. The number of alkyl halides is 1. The average Bonchev–Trinajstić information content (AvgIpc) is 2.13. The number of halogens is 6. The summed E-state index contributed by atoms with van der Waals surface area (Å²) < 4.78 is 38.3. The van der Waals surface area contributed by atoms with E-state index in [9.17, 15) is 13.2 Å².